The molecule has 0 unspecified atom stereocenters. The molecule has 0 amide bonds. The SMILES string of the molecule is CSCCc1ncn(C(C)C)c1N. The molecule has 1 aromatic heterocycles. The molecule has 1 heterocycles. The van der Waals surface area contributed by atoms with Gasteiger partial charge in [-0.25, -0.2) is 4.98 Å². The molecule has 0 atom stereocenters. The zero-order valence-electron chi connectivity index (χ0n) is 8.45. The number of hydrogen-bond acceptors (Lipinski definition) is 3. The molecule has 2 N–H and O–H groups in total. The van der Waals surface area contributed by atoms with E-state index in [1.165, 1.54) is 0 Å². The predicted octanol–water partition coefficient (Wildman–Crippen LogP) is 1.95. The van der Waals surface area contributed by atoms with Gasteiger partial charge < -0.3 is 10.3 Å². The van der Waals surface area contributed by atoms with Crippen molar-refractivity contribution in [3.63, 3.8) is 0 Å². The maximum atomic E-state index is 5.94. The van der Waals surface area contributed by atoms with Crippen LogP contribution in [-0.2, 0) is 6.42 Å². The number of imidazole rings is 1. The monoisotopic (exact) mass is 199 g/mol. The second kappa shape index (κ2) is 4.56. The Hall–Kier alpha value is -0.640. The zero-order valence-corrected chi connectivity index (χ0v) is 9.27. The van der Waals surface area contributed by atoms with Gasteiger partial charge >= 0.3 is 0 Å². The van der Waals surface area contributed by atoms with Crippen LogP contribution in [0.3, 0.4) is 0 Å². The Labute approximate surface area is 83.7 Å². The van der Waals surface area contributed by atoms with E-state index in [2.05, 4.69) is 25.1 Å². The van der Waals surface area contributed by atoms with Crippen molar-refractivity contribution >= 4 is 17.6 Å². The summed E-state index contributed by atoms with van der Waals surface area (Å²) < 4.78 is 2.01. The fourth-order valence-corrected chi connectivity index (χ4v) is 1.61. The number of nitrogen functional groups attached to an aromatic ring is 1. The van der Waals surface area contributed by atoms with Gasteiger partial charge in [0.1, 0.15) is 5.82 Å². The molecule has 3 nitrogen and oxygen atoms in total. The largest absolute Gasteiger partial charge is 0.384 e. The first-order valence-corrected chi connectivity index (χ1v) is 5.86. The lowest BCUT2D eigenvalue weighted by molar-refractivity contribution is 0.607. The van der Waals surface area contributed by atoms with E-state index in [0.717, 1.165) is 23.7 Å². The van der Waals surface area contributed by atoms with Crippen molar-refractivity contribution in [3.8, 4) is 0 Å². The van der Waals surface area contributed by atoms with Crippen molar-refractivity contribution in [1.82, 2.24) is 9.55 Å². The van der Waals surface area contributed by atoms with Crippen LogP contribution in [0.25, 0.3) is 0 Å². The maximum Gasteiger partial charge on any atom is 0.126 e. The van der Waals surface area contributed by atoms with E-state index in [4.69, 9.17) is 5.73 Å². The molecule has 0 radical (unpaired) electrons. The summed E-state index contributed by atoms with van der Waals surface area (Å²) in [6, 6.07) is 0.399. The van der Waals surface area contributed by atoms with Crippen molar-refractivity contribution in [2.75, 3.05) is 17.7 Å². The first kappa shape index (κ1) is 10.4. The number of rotatable bonds is 4. The minimum atomic E-state index is 0.399. The fourth-order valence-electron chi connectivity index (χ4n) is 1.21. The smallest absolute Gasteiger partial charge is 0.126 e. The van der Waals surface area contributed by atoms with Crippen LogP contribution < -0.4 is 5.73 Å². The molecule has 0 aliphatic heterocycles. The molecule has 1 rings (SSSR count). The number of thioether (sulfide) groups is 1. The van der Waals surface area contributed by atoms with Crippen LogP contribution in [0.2, 0.25) is 0 Å². The molecule has 0 aliphatic carbocycles. The third-order valence-electron chi connectivity index (χ3n) is 2.01. The van der Waals surface area contributed by atoms with Gasteiger partial charge in [0, 0.05) is 12.5 Å². The molecule has 0 saturated heterocycles. The minimum Gasteiger partial charge on any atom is -0.384 e. The molecule has 0 saturated carbocycles. The molecule has 74 valence electrons. The Morgan fingerprint density at radius 3 is 2.77 bits per heavy atom. The van der Waals surface area contributed by atoms with Crippen LogP contribution in [0.5, 0.6) is 0 Å². The Morgan fingerprint density at radius 1 is 1.62 bits per heavy atom. The van der Waals surface area contributed by atoms with Gasteiger partial charge in [0.2, 0.25) is 0 Å². The quantitative estimate of drug-likeness (QED) is 0.806. The molecule has 4 heteroatoms. The van der Waals surface area contributed by atoms with Gasteiger partial charge in [-0.05, 0) is 25.9 Å². The highest BCUT2D eigenvalue weighted by molar-refractivity contribution is 7.98. The van der Waals surface area contributed by atoms with Gasteiger partial charge in [0.15, 0.2) is 0 Å². The van der Waals surface area contributed by atoms with E-state index in [9.17, 15) is 0 Å². The number of aryl methyl sites for hydroxylation is 1. The molecule has 1 aromatic rings. The van der Waals surface area contributed by atoms with Crippen LogP contribution in [0.4, 0.5) is 5.82 Å². The standard InChI is InChI=1S/C9H17N3S/c1-7(2)12-6-11-8(9(12)10)4-5-13-3/h6-7H,4-5,10H2,1-3H3. The average molecular weight is 199 g/mol. The van der Waals surface area contributed by atoms with Crippen molar-refractivity contribution in [2.45, 2.75) is 26.3 Å². The van der Waals surface area contributed by atoms with E-state index in [-0.39, 0.29) is 0 Å². The molecule has 0 fully saturated rings. The number of aromatic nitrogens is 2. The molecule has 0 aromatic carbocycles. The van der Waals surface area contributed by atoms with Crippen LogP contribution in [0.1, 0.15) is 25.6 Å². The summed E-state index contributed by atoms with van der Waals surface area (Å²) in [6.07, 6.45) is 4.89. The summed E-state index contributed by atoms with van der Waals surface area (Å²) in [7, 11) is 0. The second-order valence-corrected chi connectivity index (χ2v) is 4.31. The molecule has 13 heavy (non-hydrogen) atoms. The summed E-state index contributed by atoms with van der Waals surface area (Å²) in [5.41, 5.74) is 6.97. The van der Waals surface area contributed by atoms with E-state index in [0.29, 0.717) is 6.04 Å². The van der Waals surface area contributed by atoms with E-state index >= 15 is 0 Å². The molecular formula is C9H17N3S. The predicted molar refractivity (Wildman–Crippen MR) is 59.1 cm³/mol. The van der Waals surface area contributed by atoms with Gasteiger partial charge in [-0.3, -0.25) is 0 Å². The molecule has 0 spiro atoms. The number of anilines is 1. The summed E-state index contributed by atoms with van der Waals surface area (Å²) in [5, 5.41) is 0. The molecule has 0 bridgehead atoms. The van der Waals surface area contributed by atoms with Crippen LogP contribution >= 0.6 is 11.8 Å². The normalized spacial score (nSPS) is 11.1. The lowest BCUT2D eigenvalue weighted by Crippen LogP contribution is -2.05. The minimum absolute atomic E-state index is 0.399. The van der Waals surface area contributed by atoms with Gasteiger partial charge in [0.05, 0.1) is 12.0 Å². The topological polar surface area (TPSA) is 43.8 Å². The maximum absolute atomic E-state index is 5.94. The van der Waals surface area contributed by atoms with Crippen LogP contribution in [0, 0.1) is 0 Å². The van der Waals surface area contributed by atoms with E-state index in [1.54, 1.807) is 0 Å². The highest BCUT2D eigenvalue weighted by Gasteiger charge is 2.08. The first-order valence-electron chi connectivity index (χ1n) is 4.47. The van der Waals surface area contributed by atoms with E-state index < -0.39 is 0 Å². The molecule has 0 aliphatic rings. The lowest BCUT2D eigenvalue weighted by Gasteiger charge is -2.08. The van der Waals surface area contributed by atoms with Gasteiger partial charge in [0.25, 0.3) is 0 Å². The fraction of sp³-hybridized carbons (Fsp3) is 0.667. The highest BCUT2D eigenvalue weighted by atomic mass is 32.2. The Balaban J connectivity index is 2.74. The first-order chi connectivity index (χ1) is 6.16. The summed E-state index contributed by atoms with van der Waals surface area (Å²) in [4.78, 5) is 4.30. The Morgan fingerprint density at radius 2 is 2.31 bits per heavy atom. The summed E-state index contributed by atoms with van der Waals surface area (Å²) >= 11 is 1.82. The average Bonchev–Trinajstić information content (AvgIpc) is 2.43. The van der Waals surface area contributed by atoms with Crippen molar-refractivity contribution in [2.24, 2.45) is 0 Å². The highest BCUT2D eigenvalue weighted by Crippen LogP contribution is 2.16. The number of nitrogens with zero attached hydrogens (tertiary/aromatic N) is 2. The Kier molecular flexibility index (Phi) is 3.66. The third kappa shape index (κ3) is 2.40. The molecular weight excluding hydrogens is 182 g/mol. The Bertz CT molecular complexity index is 268. The van der Waals surface area contributed by atoms with Crippen molar-refractivity contribution in [1.29, 1.82) is 0 Å². The summed E-state index contributed by atoms with van der Waals surface area (Å²) in [5.74, 6) is 1.91. The van der Waals surface area contributed by atoms with Crippen molar-refractivity contribution < 1.29 is 0 Å². The van der Waals surface area contributed by atoms with Crippen LogP contribution in [-0.4, -0.2) is 21.6 Å². The third-order valence-corrected chi connectivity index (χ3v) is 2.62. The van der Waals surface area contributed by atoms with Gasteiger partial charge in [-0.1, -0.05) is 0 Å². The number of nitrogens with two attached hydrogens (primary N) is 1. The second-order valence-electron chi connectivity index (χ2n) is 3.32. The summed E-state index contributed by atoms with van der Waals surface area (Å²) in [6.45, 7) is 4.22. The van der Waals surface area contributed by atoms with Crippen molar-refractivity contribution in [3.05, 3.63) is 12.0 Å². The van der Waals surface area contributed by atoms with E-state index in [1.807, 2.05) is 22.7 Å². The zero-order chi connectivity index (χ0) is 9.84. The number of hydrogen-bond donors (Lipinski definition) is 1. The van der Waals surface area contributed by atoms with Gasteiger partial charge in [-0.15, -0.1) is 0 Å². The van der Waals surface area contributed by atoms with Crippen LogP contribution in [0.15, 0.2) is 6.33 Å². The van der Waals surface area contributed by atoms with Gasteiger partial charge in [-0.2, -0.15) is 11.8 Å². The lowest BCUT2D eigenvalue weighted by atomic mass is 10.3.